The smallest absolute Gasteiger partial charge is 0.248 e. The van der Waals surface area contributed by atoms with Crippen molar-refractivity contribution >= 4 is 5.95 Å². The van der Waals surface area contributed by atoms with E-state index < -0.39 is 0 Å². The fourth-order valence-corrected chi connectivity index (χ4v) is 1.09. The Bertz CT molecular complexity index is 493. The number of hydrogen-bond acceptors (Lipinski definition) is 4. The second-order valence-electron chi connectivity index (χ2n) is 2.85. The number of aryl methyl sites for hydroxylation is 1. The quantitative estimate of drug-likeness (QED) is 0.650. The first-order chi connectivity index (χ1) is 6.66. The van der Waals surface area contributed by atoms with E-state index in [1.807, 2.05) is 0 Å². The lowest BCUT2D eigenvalue weighted by atomic mass is 10.3. The number of nitrogens with zero attached hydrogens (tertiary/aromatic N) is 3. The highest BCUT2D eigenvalue weighted by molar-refractivity contribution is 5.49. The van der Waals surface area contributed by atoms with E-state index in [1.54, 1.807) is 19.2 Å². The van der Waals surface area contributed by atoms with Gasteiger partial charge in [-0.05, 0) is 6.07 Å². The molecule has 0 aliphatic carbocycles. The van der Waals surface area contributed by atoms with E-state index in [-0.39, 0.29) is 5.56 Å². The summed E-state index contributed by atoms with van der Waals surface area (Å²) in [4.78, 5) is 17.6. The number of rotatable bonds is 1. The van der Waals surface area contributed by atoms with Crippen LogP contribution in [-0.2, 0) is 7.05 Å². The van der Waals surface area contributed by atoms with E-state index in [9.17, 15) is 4.79 Å². The van der Waals surface area contributed by atoms with Gasteiger partial charge in [-0.25, -0.2) is 4.68 Å². The highest BCUT2D eigenvalue weighted by atomic mass is 16.1. The standard InChI is InChI=1S/C8H9N5O/c1-13-8(9)11-7(12-13)5-3-2-4-6(14)10-5/h2-4H,1H3,(H,10,14)(H2,9,11,12). The summed E-state index contributed by atoms with van der Waals surface area (Å²) in [5.74, 6) is 0.729. The van der Waals surface area contributed by atoms with Crippen LogP contribution in [0.4, 0.5) is 5.95 Å². The Labute approximate surface area is 79.4 Å². The van der Waals surface area contributed by atoms with Gasteiger partial charge in [-0.2, -0.15) is 4.98 Å². The second-order valence-corrected chi connectivity index (χ2v) is 2.85. The van der Waals surface area contributed by atoms with Gasteiger partial charge in [0.2, 0.25) is 11.5 Å². The molecule has 0 radical (unpaired) electrons. The van der Waals surface area contributed by atoms with Crippen molar-refractivity contribution in [2.75, 3.05) is 5.73 Å². The van der Waals surface area contributed by atoms with E-state index in [4.69, 9.17) is 5.73 Å². The zero-order valence-electron chi connectivity index (χ0n) is 7.56. The van der Waals surface area contributed by atoms with Gasteiger partial charge in [0.15, 0.2) is 5.82 Å². The predicted octanol–water partition coefficient (Wildman–Crippen LogP) is -0.247. The third kappa shape index (κ3) is 1.37. The Hall–Kier alpha value is -2.11. The van der Waals surface area contributed by atoms with Crippen molar-refractivity contribution in [3.05, 3.63) is 28.6 Å². The van der Waals surface area contributed by atoms with Gasteiger partial charge in [-0.3, -0.25) is 4.79 Å². The molecule has 14 heavy (non-hydrogen) atoms. The lowest BCUT2D eigenvalue weighted by Gasteiger charge is -1.92. The molecule has 2 rings (SSSR count). The summed E-state index contributed by atoms with van der Waals surface area (Å²) in [6.07, 6.45) is 0. The van der Waals surface area contributed by atoms with E-state index in [0.29, 0.717) is 17.5 Å². The molecule has 0 atom stereocenters. The van der Waals surface area contributed by atoms with Crippen LogP contribution in [0.15, 0.2) is 23.0 Å². The van der Waals surface area contributed by atoms with Crippen LogP contribution in [0.5, 0.6) is 0 Å². The van der Waals surface area contributed by atoms with Gasteiger partial charge in [-0.15, -0.1) is 5.10 Å². The molecule has 6 nitrogen and oxygen atoms in total. The monoisotopic (exact) mass is 191 g/mol. The van der Waals surface area contributed by atoms with Crippen LogP contribution < -0.4 is 11.3 Å². The van der Waals surface area contributed by atoms with Crippen LogP contribution >= 0.6 is 0 Å². The maximum Gasteiger partial charge on any atom is 0.248 e. The van der Waals surface area contributed by atoms with Crippen molar-refractivity contribution in [2.24, 2.45) is 7.05 Å². The van der Waals surface area contributed by atoms with E-state index in [0.717, 1.165) is 0 Å². The number of nitrogens with two attached hydrogens (primary N) is 1. The van der Waals surface area contributed by atoms with Gasteiger partial charge in [-0.1, -0.05) is 6.07 Å². The van der Waals surface area contributed by atoms with Crippen LogP contribution in [0.2, 0.25) is 0 Å². The fraction of sp³-hybridized carbons (Fsp3) is 0.125. The third-order valence-corrected chi connectivity index (χ3v) is 1.81. The normalized spacial score (nSPS) is 10.4. The summed E-state index contributed by atoms with van der Waals surface area (Å²) < 4.78 is 1.45. The highest BCUT2D eigenvalue weighted by Gasteiger charge is 2.06. The predicted molar refractivity (Wildman–Crippen MR) is 51.5 cm³/mol. The maximum absolute atomic E-state index is 11.0. The maximum atomic E-state index is 11.0. The van der Waals surface area contributed by atoms with Crippen molar-refractivity contribution < 1.29 is 0 Å². The van der Waals surface area contributed by atoms with Crippen molar-refractivity contribution in [1.82, 2.24) is 19.7 Å². The minimum absolute atomic E-state index is 0.187. The average Bonchev–Trinajstić information content (AvgIpc) is 2.47. The first-order valence-corrected chi connectivity index (χ1v) is 4.03. The minimum Gasteiger partial charge on any atom is -0.368 e. The fourth-order valence-electron chi connectivity index (χ4n) is 1.09. The molecule has 0 unspecified atom stereocenters. The van der Waals surface area contributed by atoms with Gasteiger partial charge in [0.1, 0.15) is 0 Å². The average molecular weight is 191 g/mol. The van der Waals surface area contributed by atoms with Gasteiger partial charge in [0, 0.05) is 13.1 Å². The van der Waals surface area contributed by atoms with E-state index in [2.05, 4.69) is 15.1 Å². The summed E-state index contributed by atoms with van der Waals surface area (Å²) >= 11 is 0. The second kappa shape index (κ2) is 2.99. The zero-order chi connectivity index (χ0) is 10.1. The van der Waals surface area contributed by atoms with Gasteiger partial charge >= 0.3 is 0 Å². The molecule has 0 saturated carbocycles. The van der Waals surface area contributed by atoms with Crippen LogP contribution in [0, 0.1) is 0 Å². The van der Waals surface area contributed by atoms with Gasteiger partial charge in [0.05, 0.1) is 5.69 Å². The molecule has 0 bridgehead atoms. The molecule has 0 saturated heterocycles. The van der Waals surface area contributed by atoms with Crippen LogP contribution in [0.3, 0.4) is 0 Å². The minimum atomic E-state index is -0.187. The largest absolute Gasteiger partial charge is 0.368 e. The molecule has 0 spiro atoms. The Morgan fingerprint density at radius 1 is 1.50 bits per heavy atom. The molecule has 2 heterocycles. The van der Waals surface area contributed by atoms with Crippen molar-refractivity contribution in [3.63, 3.8) is 0 Å². The first kappa shape index (κ1) is 8.49. The Kier molecular flexibility index (Phi) is 1.81. The molecule has 0 aromatic carbocycles. The summed E-state index contributed by atoms with van der Waals surface area (Å²) in [5, 5.41) is 4.03. The first-order valence-electron chi connectivity index (χ1n) is 4.03. The van der Waals surface area contributed by atoms with Crippen LogP contribution in [0.1, 0.15) is 0 Å². The van der Waals surface area contributed by atoms with E-state index >= 15 is 0 Å². The highest BCUT2D eigenvalue weighted by Crippen LogP contribution is 2.10. The number of hydrogen-bond donors (Lipinski definition) is 2. The molecule has 0 fully saturated rings. The van der Waals surface area contributed by atoms with Crippen molar-refractivity contribution in [1.29, 1.82) is 0 Å². The Morgan fingerprint density at radius 2 is 2.29 bits per heavy atom. The number of aromatic amines is 1. The third-order valence-electron chi connectivity index (χ3n) is 1.81. The molecule has 0 aliphatic rings. The summed E-state index contributed by atoms with van der Waals surface area (Å²) in [5.41, 5.74) is 5.89. The molecule has 2 aromatic rings. The van der Waals surface area contributed by atoms with Crippen LogP contribution in [0.25, 0.3) is 11.5 Å². The van der Waals surface area contributed by atoms with Crippen molar-refractivity contribution in [3.8, 4) is 11.5 Å². The van der Waals surface area contributed by atoms with Gasteiger partial charge in [0.25, 0.3) is 0 Å². The molecule has 0 aliphatic heterocycles. The number of aromatic nitrogens is 4. The topological polar surface area (TPSA) is 89.6 Å². The molecular formula is C8H9N5O. The van der Waals surface area contributed by atoms with Gasteiger partial charge < -0.3 is 10.7 Å². The molecular weight excluding hydrogens is 182 g/mol. The van der Waals surface area contributed by atoms with E-state index in [1.165, 1.54) is 10.7 Å². The van der Waals surface area contributed by atoms with Crippen LogP contribution in [-0.4, -0.2) is 19.7 Å². The number of nitrogens with one attached hydrogen (secondary N) is 1. The molecule has 3 N–H and O–H groups in total. The summed E-state index contributed by atoms with van der Waals surface area (Å²) in [7, 11) is 1.69. The van der Waals surface area contributed by atoms with Crippen molar-refractivity contribution in [2.45, 2.75) is 0 Å². The Balaban J connectivity index is 2.54. The molecule has 2 aromatic heterocycles. The number of nitrogen functional groups attached to an aromatic ring is 1. The summed E-state index contributed by atoms with van der Waals surface area (Å²) in [6.45, 7) is 0. The Morgan fingerprint density at radius 3 is 2.86 bits per heavy atom. The summed E-state index contributed by atoms with van der Waals surface area (Å²) in [6, 6.07) is 4.78. The zero-order valence-corrected chi connectivity index (χ0v) is 7.56. The number of pyridine rings is 1. The molecule has 72 valence electrons. The lowest BCUT2D eigenvalue weighted by molar-refractivity contribution is 0.780. The molecule has 0 amide bonds. The lowest BCUT2D eigenvalue weighted by Crippen LogP contribution is -2.04. The molecule has 6 heteroatoms. The SMILES string of the molecule is Cn1nc(-c2cccc(=O)[nH]2)nc1N. The number of H-pyrrole nitrogens is 1. The number of anilines is 1.